The SMILES string of the molecule is CCOC(=O)c1c(NC(=O)C[NH2+]C[C@@H](c2ccccc2)[NH+](C)C)sc(C)c1C. The van der Waals surface area contributed by atoms with Crippen LogP contribution in [0.4, 0.5) is 5.00 Å². The van der Waals surface area contributed by atoms with Crippen molar-refractivity contribution in [2.45, 2.75) is 26.8 Å². The Labute approximate surface area is 170 Å². The van der Waals surface area contributed by atoms with E-state index in [1.807, 2.05) is 37.4 Å². The first-order valence-electron chi connectivity index (χ1n) is 9.58. The highest BCUT2D eigenvalue weighted by Crippen LogP contribution is 2.32. The number of carbonyl (C=O) groups is 2. The van der Waals surface area contributed by atoms with E-state index in [9.17, 15) is 9.59 Å². The van der Waals surface area contributed by atoms with E-state index in [2.05, 4.69) is 31.5 Å². The Morgan fingerprint density at radius 3 is 2.50 bits per heavy atom. The molecule has 7 heteroatoms. The fourth-order valence-corrected chi connectivity index (χ4v) is 4.18. The zero-order valence-corrected chi connectivity index (χ0v) is 18.1. The molecule has 2 aromatic rings. The molecule has 1 atom stereocenters. The van der Waals surface area contributed by atoms with E-state index in [0.717, 1.165) is 17.0 Å². The van der Waals surface area contributed by atoms with E-state index in [0.29, 0.717) is 29.8 Å². The number of hydrogen-bond donors (Lipinski definition) is 3. The van der Waals surface area contributed by atoms with Crippen LogP contribution in [0.15, 0.2) is 30.3 Å². The van der Waals surface area contributed by atoms with Crippen molar-refractivity contribution >= 4 is 28.2 Å². The van der Waals surface area contributed by atoms with Crippen LogP contribution in [0.2, 0.25) is 0 Å². The number of thiophene rings is 1. The summed E-state index contributed by atoms with van der Waals surface area (Å²) in [6, 6.07) is 10.6. The van der Waals surface area contributed by atoms with Crippen LogP contribution in [0.25, 0.3) is 0 Å². The lowest BCUT2D eigenvalue weighted by Crippen LogP contribution is -3.09. The van der Waals surface area contributed by atoms with Crippen LogP contribution in [0.5, 0.6) is 0 Å². The summed E-state index contributed by atoms with van der Waals surface area (Å²) in [5.74, 6) is -0.503. The second kappa shape index (κ2) is 10.4. The van der Waals surface area contributed by atoms with Crippen molar-refractivity contribution in [3.8, 4) is 0 Å². The number of nitrogens with two attached hydrogens (primary N) is 1. The van der Waals surface area contributed by atoms with Crippen molar-refractivity contribution in [1.82, 2.24) is 0 Å². The van der Waals surface area contributed by atoms with Gasteiger partial charge in [-0.3, -0.25) is 4.79 Å². The van der Waals surface area contributed by atoms with Crippen LogP contribution in [-0.2, 0) is 9.53 Å². The molecule has 1 aromatic heterocycles. The maximum Gasteiger partial charge on any atom is 0.341 e. The van der Waals surface area contributed by atoms with Gasteiger partial charge in [0.25, 0.3) is 5.91 Å². The molecule has 0 spiro atoms. The molecule has 0 aliphatic rings. The largest absolute Gasteiger partial charge is 0.462 e. The number of hydrogen-bond acceptors (Lipinski definition) is 4. The normalized spacial score (nSPS) is 12.1. The number of carbonyl (C=O) groups excluding carboxylic acids is 2. The molecule has 0 fully saturated rings. The van der Waals surface area contributed by atoms with Gasteiger partial charge in [-0.1, -0.05) is 30.3 Å². The molecule has 0 aliphatic heterocycles. The quantitative estimate of drug-likeness (QED) is 0.543. The molecule has 1 amide bonds. The molecule has 4 N–H and O–H groups in total. The zero-order chi connectivity index (χ0) is 20.7. The van der Waals surface area contributed by atoms with E-state index in [-0.39, 0.29) is 11.9 Å². The molecule has 0 saturated carbocycles. The van der Waals surface area contributed by atoms with Gasteiger partial charge in [0, 0.05) is 10.4 Å². The van der Waals surface area contributed by atoms with Gasteiger partial charge in [0.15, 0.2) is 12.6 Å². The topological polar surface area (TPSA) is 76.4 Å². The van der Waals surface area contributed by atoms with Gasteiger partial charge in [0.05, 0.1) is 26.3 Å². The van der Waals surface area contributed by atoms with E-state index in [4.69, 9.17) is 4.74 Å². The summed E-state index contributed by atoms with van der Waals surface area (Å²) in [7, 11) is 4.24. The standard InChI is InChI=1S/C21H29N3O3S/c1-6-27-21(26)19-14(2)15(3)28-20(19)23-18(25)13-22-12-17(24(4)5)16-10-8-7-9-11-16/h7-11,17,22H,6,12-13H2,1-5H3,(H,23,25)/p+2/t17-/m0/s1. The van der Waals surface area contributed by atoms with Crippen molar-refractivity contribution in [3.63, 3.8) is 0 Å². The van der Waals surface area contributed by atoms with Gasteiger partial charge in [-0.25, -0.2) is 4.79 Å². The van der Waals surface area contributed by atoms with E-state index >= 15 is 0 Å². The van der Waals surface area contributed by atoms with Crippen LogP contribution in [0.3, 0.4) is 0 Å². The Morgan fingerprint density at radius 1 is 1.21 bits per heavy atom. The molecule has 0 bridgehead atoms. The third-order valence-electron chi connectivity index (χ3n) is 4.75. The zero-order valence-electron chi connectivity index (χ0n) is 17.3. The van der Waals surface area contributed by atoms with Crippen molar-refractivity contribution in [1.29, 1.82) is 0 Å². The second-order valence-electron chi connectivity index (χ2n) is 7.03. The number of rotatable bonds is 9. The third kappa shape index (κ3) is 5.64. The molecule has 0 saturated heterocycles. The number of quaternary nitrogens is 2. The monoisotopic (exact) mass is 405 g/mol. The number of benzene rings is 1. The fourth-order valence-electron chi connectivity index (χ4n) is 3.11. The molecule has 0 radical (unpaired) electrons. The first kappa shape index (κ1) is 22.1. The van der Waals surface area contributed by atoms with Crippen LogP contribution in [-0.4, -0.2) is 45.7 Å². The van der Waals surface area contributed by atoms with Gasteiger partial charge >= 0.3 is 5.97 Å². The van der Waals surface area contributed by atoms with Crippen LogP contribution >= 0.6 is 11.3 Å². The summed E-state index contributed by atoms with van der Waals surface area (Å²) in [6.07, 6.45) is 0. The Morgan fingerprint density at radius 2 is 1.89 bits per heavy atom. The summed E-state index contributed by atoms with van der Waals surface area (Å²) >= 11 is 1.41. The molecule has 152 valence electrons. The Balaban J connectivity index is 1.97. The average molecular weight is 406 g/mol. The van der Waals surface area contributed by atoms with Crippen molar-refractivity contribution in [2.24, 2.45) is 0 Å². The van der Waals surface area contributed by atoms with Crippen LogP contribution in [0, 0.1) is 13.8 Å². The van der Waals surface area contributed by atoms with Gasteiger partial charge in [0.2, 0.25) is 0 Å². The molecule has 1 heterocycles. The smallest absolute Gasteiger partial charge is 0.341 e. The third-order valence-corrected chi connectivity index (χ3v) is 5.87. The maximum absolute atomic E-state index is 12.5. The van der Waals surface area contributed by atoms with E-state index in [1.54, 1.807) is 6.92 Å². The van der Waals surface area contributed by atoms with Crippen molar-refractivity contribution < 1.29 is 24.5 Å². The highest BCUT2D eigenvalue weighted by atomic mass is 32.1. The Kier molecular flexibility index (Phi) is 8.17. The molecular formula is C21H31N3O3S+2. The minimum absolute atomic E-state index is 0.118. The summed E-state index contributed by atoms with van der Waals surface area (Å²) in [4.78, 5) is 27.0. The number of aryl methyl sites for hydroxylation is 1. The predicted molar refractivity (Wildman–Crippen MR) is 112 cm³/mol. The lowest BCUT2D eigenvalue weighted by molar-refractivity contribution is -0.908. The maximum atomic E-state index is 12.5. The van der Waals surface area contributed by atoms with E-state index < -0.39 is 0 Å². The van der Waals surface area contributed by atoms with Crippen molar-refractivity contribution in [3.05, 3.63) is 51.9 Å². The van der Waals surface area contributed by atoms with Gasteiger partial charge in [-0.05, 0) is 26.3 Å². The van der Waals surface area contributed by atoms with Crippen LogP contribution < -0.4 is 15.5 Å². The highest BCUT2D eigenvalue weighted by molar-refractivity contribution is 7.16. The molecule has 6 nitrogen and oxygen atoms in total. The summed E-state index contributed by atoms with van der Waals surface area (Å²) in [5, 5.41) is 5.48. The first-order chi connectivity index (χ1) is 13.3. The Hall–Kier alpha value is -2.22. The number of ether oxygens (including phenoxy) is 1. The highest BCUT2D eigenvalue weighted by Gasteiger charge is 2.23. The molecule has 2 rings (SSSR count). The molecular weight excluding hydrogens is 374 g/mol. The average Bonchev–Trinajstić information content (AvgIpc) is 2.93. The molecule has 0 aliphatic carbocycles. The predicted octanol–water partition coefficient (Wildman–Crippen LogP) is 0.929. The second-order valence-corrected chi connectivity index (χ2v) is 8.25. The minimum atomic E-state index is -0.385. The Bertz CT molecular complexity index is 803. The first-order valence-corrected chi connectivity index (χ1v) is 10.4. The van der Waals surface area contributed by atoms with Crippen molar-refractivity contribution in [2.75, 3.05) is 39.1 Å². The van der Waals surface area contributed by atoms with Gasteiger partial charge < -0.3 is 20.3 Å². The number of nitrogens with one attached hydrogen (secondary N) is 2. The summed E-state index contributed by atoms with van der Waals surface area (Å²) in [5.41, 5.74) is 2.59. The molecule has 0 unspecified atom stereocenters. The lowest BCUT2D eigenvalue weighted by Gasteiger charge is -2.20. The van der Waals surface area contributed by atoms with Gasteiger partial charge in [-0.15, -0.1) is 11.3 Å². The molecule has 1 aromatic carbocycles. The summed E-state index contributed by atoms with van der Waals surface area (Å²) < 4.78 is 5.14. The van der Waals surface area contributed by atoms with Crippen LogP contribution in [0.1, 0.15) is 39.3 Å². The lowest BCUT2D eigenvalue weighted by atomic mass is 10.1. The summed E-state index contributed by atoms with van der Waals surface area (Å²) in [6.45, 7) is 7.00. The van der Waals surface area contributed by atoms with Gasteiger partial charge in [0.1, 0.15) is 11.5 Å². The fraction of sp³-hybridized carbons (Fsp3) is 0.429. The number of amides is 1. The molecule has 28 heavy (non-hydrogen) atoms. The van der Waals surface area contributed by atoms with Gasteiger partial charge in [-0.2, -0.15) is 0 Å². The number of esters is 1. The minimum Gasteiger partial charge on any atom is -0.462 e. The van der Waals surface area contributed by atoms with E-state index in [1.165, 1.54) is 21.8 Å². The number of anilines is 1. The number of likely N-dealkylation sites (N-methyl/N-ethyl adjacent to an activating group) is 1.